The Morgan fingerprint density at radius 1 is 1.07 bits per heavy atom. The average molecular weight is 563 g/mol. The molecule has 3 aromatic rings. The van der Waals surface area contributed by atoms with E-state index in [4.69, 9.17) is 14.2 Å². The average Bonchev–Trinajstić information content (AvgIpc) is 3.44. The van der Waals surface area contributed by atoms with Crippen LogP contribution in [0.15, 0.2) is 60.7 Å². The molecule has 2 aromatic carbocycles. The van der Waals surface area contributed by atoms with Gasteiger partial charge in [-0.2, -0.15) is 0 Å². The van der Waals surface area contributed by atoms with Gasteiger partial charge in [-0.15, -0.1) is 0 Å². The minimum absolute atomic E-state index is 0.0949. The molecule has 1 unspecified atom stereocenters. The lowest BCUT2D eigenvalue weighted by Crippen LogP contribution is -2.29. The van der Waals surface area contributed by atoms with Gasteiger partial charge in [-0.3, -0.25) is 14.5 Å². The standard InChI is InChI=1S/C30H30N2O7S/c1-6-15-39-20-11-9-19(10-12-20)24-23(25(33)22-14-13-21(37-7-2)16-17(22)4)26(34)28(35)32(24)30-31-18(5)27(40-30)29(36)38-8-3/h6,9-14,16,24,33H,1,7-8,15H2,2-5H3. The highest BCUT2D eigenvalue weighted by Gasteiger charge is 2.48. The number of aryl methyl sites for hydroxylation is 2. The van der Waals surface area contributed by atoms with Gasteiger partial charge in [-0.1, -0.05) is 36.1 Å². The van der Waals surface area contributed by atoms with Crippen molar-refractivity contribution in [3.8, 4) is 11.5 Å². The number of rotatable bonds is 10. The van der Waals surface area contributed by atoms with Crippen LogP contribution >= 0.6 is 11.3 Å². The smallest absolute Gasteiger partial charge is 0.350 e. The molecule has 0 bridgehead atoms. The van der Waals surface area contributed by atoms with E-state index in [1.54, 1.807) is 69.3 Å². The van der Waals surface area contributed by atoms with Crippen LogP contribution < -0.4 is 14.4 Å². The maximum Gasteiger partial charge on any atom is 0.350 e. The topological polar surface area (TPSA) is 115 Å². The third kappa shape index (κ3) is 5.48. The van der Waals surface area contributed by atoms with Crippen molar-refractivity contribution < 1.29 is 33.7 Å². The first-order chi connectivity index (χ1) is 19.2. The number of benzene rings is 2. The van der Waals surface area contributed by atoms with E-state index in [0.29, 0.717) is 47.1 Å². The van der Waals surface area contributed by atoms with Crippen LogP contribution in [0.5, 0.6) is 11.5 Å². The fourth-order valence-electron chi connectivity index (χ4n) is 4.42. The third-order valence-corrected chi connectivity index (χ3v) is 7.36. The number of aliphatic hydroxyl groups excluding tert-OH is 1. The number of amides is 1. The number of anilines is 1. The number of thiazole rings is 1. The number of ketones is 1. The lowest BCUT2D eigenvalue weighted by atomic mass is 9.94. The molecule has 0 radical (unpaired) electrons. The zero-order valence-corrected chi connectivity index (χ0v) is 23.5. The van der Waals surface area contributed by atoms with Crippen molar-refractivity contribution in [3.05, 3.63) is 88.0 Å². The van der Waals surface area contributed by atoms with E-state index in [1.165, 1.54) is 4.90 Å². The van der Waals surface area contributed by atoms with Crippen LogP contribution in [0.2, 0.25) is 0 Å². The van der Waals surface area contributed by atoms with Gasteiger partial charge in [0.2, 0.25) is 0 Å². The van der Waals surface area contributed by atoms with E-state index in [-0.39, 0.29) is 27.9 Å². The minimum atomic E-state index is -1.01. The number of hydrogen-bond donors (Lipinski definition) is 1. The van der Waals surface area contributed by atoms with Crippen LogP contribution in [0.4, 0.5) is 5.13 Å². The molecule has 4 rings (SSSR count). The zero-order chi connectivity index (χ0) is 29.0. The van der Waals surface area contributed by atoms with Gasteiger partial charge in [-0.25, -0.2) is 9.78 Å². The summed E-state index contributed by atoms with van der Waals surface area (Å²) in [6.45, 7) is 11.6. The van der Waals surface area contributed by atoms with Crippen molar-refractivity contribution in [2.45, 2.75) is 33.7 Å². The van der Waals surface area contributed by atoms with Crippen LogP contribution in [-0.2, 0) is 14.3 Å². The number of ether oxygens (including phenoxy) is 3. The summed E-state index contributed by atoms with van der Waals surface area (Å²) >= 11 is 0.954. The quantitative estimate of drug-likeness (QED) is 0.113. The Morgan fingerprint density at radius 2 is 1.77 bits per heavy atom. The zero-order valence-electron chi connectivity index (χ0n) is 22.7. The number of carbonyl (C=O) groups excluding carboxylic acids is 3. The van der Waals surface area contributed by atoms with Crippen molar-refractivity contribution >= 4 is 39.9 Å². The Kier molecular flexibility index (Phi) is 8.69. The van der Waals surface area contributed by atoms with Gasteiger partial charge in [0.05, 0.1) is 30.5 Å². The molecular formula is C30H30N2O7S. The highest BCUT2D eigenvalue weighted by molar-refractivity contribution is 7.17. The van der Waals surface area contributed by atoms with E-state index in [1.807, 2.05) is 6.92 Å². The molecular weight excluding hydrogens is 532 g/mol. The Labute approximate surface area is 236 Å². The van der Waals surface area contributed by atoms with Crippen molar-refractivity contribution in [2.24, 2.45) is 0 Å². The Bertz CT molecular complexity index is 1490. The normalized spacial score (nSPS) is 16.2. The molecule has 1 fully saturated rings. The lowest BCUT2D eigenvalue weighted by Gasteiger charge is -2.23. The molecule has 0 aliphatic carbocycles. The van der Waals surface area contributed by atoms with Gasteiger partial charge in [0.25, 0.3) is 5.78 Å². The van der Waals surface area contributed by atoms with E-state index in [2.05, 4.69) is 11.6 Å². The Morgan fingerprint density at radius 3 is 2.40 bits per heavy atom. The summed E-state index contributed by atoms with van der Waals surface area (Å²) in [5, 5.41) is 11.6. The molecule has 1 aliphatic heterocycles. The van der Waals surface area contributed by atoms with E-state index < -0.39 is 23.7 Å². The summed E-state index contributed by atoms with van der Waals surface area (Å²) < 4.78 is 16.3. The lowest BCUT2D eigenvalue weighted by molar-refractivity contribution is -0.132. The van der Waals surface area contributed by atoms with Crippen LogP contribution in [0.25, 0.3) is 5.76 Å². The largest absolute Gasteiger partial charge is 0.507 e. The second kappa shape index (κ2) is 12.2. The fraction of sp³-hybridized carbons (Fsp3) is 0.267. The summed E-state index contributed by atoms with van der Waals surface area (Å²) in [6.07, 6.45) is 1.62. The Balaban J connectivity index is 1.88. The first-order valence-corrected chi connectivity index (χ1v) is 13.6. The predicted molar refractivity (Wildman–Crippen MR) is 152 cm³/mol. The second-order valence-electron chi connectivity index (χ2n) is 8.88. The highest BCUT2D eigenvalue weighted by atomic mass is 32.1. The molecule has 0 saturated carbocycles. The first kappa shape index (κ1) is 28.6. The summed E-state index contributed by atoms with van der Waals surface area (Å²) in [7, 11) is 0. The van der Waals surface area contributed by atoms with Crippen LogP contribution in [0.1, 0.15) is 51.9 Å². The molecule has 2 heterocycles. The van der Waals surface area contributed by atoms with E-state index in [0.717, 1.165) is 11.3 Å². The van der Waals surface area contributed by atoms with Gasteiger partial charge in [0, 0.05) is 5.56 Å². The number of aliphatic hydroxyl groups is 1. The number of carbonyl (C=O) groups is 3. The summed E-state index contributed by atoms with van der Waals surface area (Å²) in [4.78, 5) is 45.4. The summed E-state index contributed by atoms with van der Waals surface area (Å²) in [6, 6.07) is 10.9. The molecule has 10 heteroatoms. The van der Waals surface area contributed by atoms with Crippen LogP contribution in [0.3, 0.4) is 0 Å². The van der Waals surface area contributed by atoms with Crippen molar-refractivity contribution in [3.63, 3.8) is 0 Å². The molecule has 1 N–H and O–H groups in total. The maximum atomic E-state index is 13.5. The van der Waals surface area contributed by atoms with Crippen LogP contribution in [-0.4, -0.2) is 47.6 Å². The molecule has 40 heavy (non-hydrogen) atoms. The van der Waals surface area contributed by atoms with Crippen molar-refractivity contribution in [2.75, 3.05) is 24.7 Å². The molecule has 1 amide bonds. The SMILES string of the molecule is C=CCOc1ccc(C2C(=C(O)c3ccc(OCC)cc3C)C(=O)C(=O)N2c2nc(C)c(C(=O)OCC)s2)cc1. The molecule has 9 nitrogen and oxygen atoms in total. The minimum Gasteiger partial charge on any atom is -0.507 e. The van der Waals surface area contributed by atoms with Gasteiger partial charge in [0.15, 0.2) is 5.13 Å². The molecule has 208 valence electrons. The highest BCUT2D eigenvalue weighted by Crippen LogP contribution is 2.44. The van der Waals surface area contributed by atoms with Crippen LogP contribution in [0, 0.1) is 13.8 Å². The van der Waals surface area contributed by atoms with Gasteiger partial charge < -0.3 is 19.3 Å². The van der Waals surface area contributed by atoms with Crippen molar-refractivity contribution in [1.29, 1.82) is 0 Å². The predicted octanol–water partition coefficient (Wildman–Crippen LogP) is 5.53. The molecule has 1 aromatic heterocycles. The second-order valence-corrected chi connectivity index (χ2v) is 9.86. The summed E-state index contributed by atoms with van der Waals surface area (Å²) in [5.74, 6) is -1.44. The number of Topliss-reactive ketones (excluding diaryl/α,β-unsaturated/α-hetero) is 1. The fourth-order valence-corrected chi connectivity index (χ4v) is 5.41. The monoisotopic (exact) mass is 562 g/mol. The van der Waals surface area contributed by atoms with Gasteiger partial charge in [-0.05, 0) is 69.2 Å². The molecule has 1 aliphatic rings. The van der Waals surface area contributed by atoms with Gasteiger partial charge >= 0.3 is 11.9 Å². The number of nitrogens with zero attached hydrogens (tertiary/aromatic N) is 2. The number of esters is 1. The number of aromatic nitrogens is 1. The maximum absolute atomic E-state index is 13.5. The Hall–Kier alpha value is -4.44. The first-order valence-electron chi connectivity index (χ1n) is 12.7. The third-order valence-electron chi connectivity index (χ3n) is 6.22. The molecule has 1 saturated heterocycles. The number of hydrogen-bond acceptors (Lipinski definition) is 9. The summed E-state index contributed by atoms with van der Waals surface area (Å²) in [5.41, 5.74) is 1.87. The van der Waals surface area contributed by atoms with Crippen molar-refractivity contribution in [1.82, 2.24) is 4.98 Å². The van der Waals surface area contributed by atoms with E-state index in [9.17, 15) is 19.5 Å². The van der Waals surface area contributed by atoms with Gasteiger partial charge in [0.1, 0.15) is 28.7 Å². The molecule has 0 spiro atoms. The molecule has 1 atom stereocenters. The van der Waals surface area contributed by atoms with E-state index >= 15 is 0 Å².